The van der Waals surface area contributed by atoms with E-state index >= 15 is 0 Å². The highest BCUT2D eigenvalue weighted by atomic mass is 16.1. The Kier molecular flexibility index (Phi) is 18.3. The Bertz CT molecular complexity index is 424. The Morgan fingerprint density at radius 1 is 0.828 bits per heavy atom. The summed E-state index contributed by atoms with van der Waals surface area (Å²) in [5.41, 5.74) is 0. The van der Waals surface area contributed by atoms with E-state index in [9.17, 15) is 4.79 Å². The summed E-state index contributed by atoms with van der Waals surface area (Å²) in [6, 6.07) is 2.16. The number of nitriles is 1. The molecule has 0 saturated carbocycles. The monoisotopic (exact) mass is 410 g/mol. The molecule has 0 aromatic rings. The molecule has 0 N–H and O–H groups in total. The van der Waals surface area contributed by atoms with Crippen LogP contribution in [0.3, 0.4) is 0 Å². The highest BCUT2D eigenvalue weighted by Crippen LogP contribution is 2.02. The van der Waals surface area contributed by atoms with Crippen LogP contribution in [0.5, 0.6) is 0 Å². The largest absolute Gasteiger partial charge is 0.303 e. The third-order valence-electron chi connectivity index (χ3n) is 5.63. The van der Waals surface area contributed by atoms with Crippen LogP contribution in [0.15, 0.2) is 0 Å². The van der Waals surface area contributed by atoms with Crippen molar-refractivity contribution in [2.24, 2.45) is 0 Å². The molecule has 29 heavy (non-hydrogen) atoms. The van der Waals surface area contributed by atoms with Gasteiger partial charge in [-0.2, -0.15) is 5.26 Å². The van der Waals surface area contributed by atoms with Crippen molar-refractivity contribution in [2.45, 2.75) is 34.6 Å². The summed E-state index contributed by atoms with van der Waals surface area (Å²) in [7, 11) is 0. The van der Waals surface area contributed by atoms with Crippen molar-refractivity contribution in [2.75, 3.05) is 98.2 Å². The Balaban J connectivity index is 0.00000379. The predicted octanol–water partition coefficient (Wildman–Crippen LogP) is 1.32. The Hall–Kier alpha value is -1.04. The van der Waals surface area contributed by atoms with Crippen LogP contribution in [0.25, 0.3) is 0 Å². The molecule has 0 spiro atoms. The normalized spacial score (nSPS) is 17.2. The van der Waals surface area contributed by atoms with Gasteiger partial charge in [-0.25, -0.2) is 0 Å². The van der Waals surface area contributed by atoms with E-state index in [-0.39, 0.29) is 0 Å². The number of nitrogens with zero attached hydrogens (tertiary/aromatic N) is 6. The fraction of sp³-hybridized carbons (Fsp3) is 0.909. The van der Waals surface area contributed by atoms with E-state index in [1.807, 2.05) is 18.7 Å². The van der Waals surface area contributed by atoms with Crippen LogP contribution in [0, 0.1) is 11.3 Å². The van der Waals surface area contributed by atoms with Gasteiger partial charge in [-0.05, 0) is 19.6 Å². The highest BCUT2D eigenvalue weighted by Gasteiger charge is 2.17. The minimum Gasteiger partial charge on any atom is -0.303 e. The molecule has 1 fully saturated rings. The molecule has 0 amide bonds. The maximum atomic E-state index is 10.8. The Morgan fingerprint density at radius 2 is 1.28 bits per heavy atom. The van der Waals surface area contributed by atoms with Gasteiger partial charge < -0.3 is 14.6 Å². The van der Waals surface area contributed by atoms with Crippen molar-refractivity contribution < 1.29 is 4.79 Å². The van der Waals surface area contributed by atoms with E-state index in [1.165, 1.54) is 0 Å². The maximum absolute atomic E-state index is 10.8. The minimum absolute atomic E-state index is 0.323. The molecule has 1 rings (SSSR count). The van der Waals surface area contributed by atoms with Crippen molar-refractivity contribution in [3.8, 4) is 6.07 Å². The first-order valence-electron chi connectivity index (χ1n) is 11.6. The zero-order valence-corrected chi connectivity index (χ0v) is 19.8. The van der Waals surface area contributed by atoms with Crippen LogP contribution in [0.1, 0.15) is 34.6 Å². The minimum atomic E-state index is 0.323. The first-order valence-corrected chi connectivity index (χ1v) is 11.6. The molecule has 1 aliphatic heterocycles. The van der Waals surface area contributed by atoms with Crippen LogP contribution < -0.4 is 0 Å². The van der Waals surface area contributed by atoms with E-state index in [2.05, 4.69) is 46.4 Å². The lowest BCUT2D eigenvalue weighted by atomic mass is 10.3. The molecule has 7 nitrogen and oxygen atoms in total. The molecule has 1 heterocycles. The third-order valence-corrected chi connectivity index (χ3v) is 5.63. The number of carbonyl (C=O) groups excluding carboxylic acids is 1. The third kappa shape index (κ3) is 13.0. The molecule has 170 valence electrons. The van der Waals surface area contributed by atoms with Gasteiger partial charge in [0, 0.05) is 65.4 Å². The van der Waals surface area contributed by atoms with Gasteiger partial charge in [0.25, 0.3) is 0 Å². The molecule has 0 bridgehead atoms. The van der Waals surface area contributed by atoms with Gasteiger partial charge in [-0.15, -0.1) is 0 Å². The van der Waals surface area contributed by atoms with Crippen molar-refractivity contribution in [3.63, 3.8) is 0 Å². The lowest BCUT2D eigenvalue weighted by Crippen LogP contribution is -2.42. The van der Waals surface area contributed by atoms with E-state index in [1.54, 1.807) is 0 Å². The average Bonchev–Trinajstić information content (AvgIpc) is 2.85. The topological polar surface area (TPSA) is 57.1 Å². The molecule has 1 aliphatic rings. The first kappa shape index (κ1) is 28.0. The van der Waals surface area contributed by atoms with Crippen LogP contribution in [-0.4, -0.2) is 129 Å². The summed E-state index contributed by atoms with van der Waals surface area (Å²) in [6.45, 7) is 25.2. The zero-order valence-electron chi connectivity index (χ0n) is 19.8. The molecule has 0 unspecified atom stereocenters. The smallest absolute Gasteiger partial charge is 0.134 e. The van der Waals surface area contributed by atoms with Gasteiger partial charge in [0.05, 0.1) is 19.2 Å². The summed E-state index contributed by atoms with van der Waals surface area (Å²) >= 11 is 0. The second-order valence-corrected chi connectivity index (χ2v) is 7.20. The van der Waals surface area contributed by atoms with Gasteiger partial charge in [-0.1, -0.05) is 34.6 Å². The summed E-state index contributed by atoms with van der Waals surface area (Å²) in [4.78, 5) is 22.8. The molecule has 0 aromatic carbocycles. The van der Waals surface area contributed by atoms with Crippen molar-refractivity contribution in [3.05, 3.63) is 0 Å². The van der Waals surface area contributed by atoms with Gasteiger partial charge in [0.15, 0.2) is 0 Å². The number of carbonyl (C=O) groups is 1. The lowest BCUT2D eigenvalue weighted by molar-refractivity contribution is -0.108. The quantitative estimate of drug-likeness (QED) is 0.355. The molecule has 0 atom stereocenters. The summed E-state index contributed by atoms with van der Waals surface area (Å²) in [5.74, 6) is 0. The second-order valence-electron chi connectivity index (χ2n) is 7.20. The summed E-state index contributed by atoms with van der Waals surface area (Å²) in [6.07, 6.45) is 0.892. The Labute approximate surface area is 180 Å². The van der Waals surface area contributed by atoms with Gasteiger partial charge in [-0.3, -0.25) is 14.7 Å². The molecular weight excluding hydrogens is 364 g/mol. The first-order chi connectivity index (χ1) is 14.2. The number of hydrogen-bond acceptors (Lipinski definition) is 7. The summed E-state index contributed by atoms with van der Waals surface area (Å²) in [5, 5.41) is 8.93. The van der Waals surface area contributed by atoms with Crippen LogP contribution in [0.2, 0.25) is 0 Å². The molecule has 7 heteroatoms. The standard InChI is InChI=1S/C20H40N6O.C2H6/c1-4-22(5-2)9-12-25-13-10-23(6-3)11-14-26(18-17-25)16-15-24(8-7-21)19-20-27;1-2/h20H,4-6,8-19H2,1-3H3;1-2H3. The molecule has 0 radical (unpaired) electrons. The lowest BCUT2D eigenvalue weighted by Gasteiger charge is -2.29. The van der Waals surface area contributed by atoms with Crippen molar-refractivity contribution >= 4 is 6.29 Å². The summed E-state index contributed by atoms with van der Waals surface area (Å²) < 4.78 is 0. The van der Waals surface area contributed by atoms with Gasteiger partial charge in [0.2, 0.25) is 0 Å². The molecule has 0 aromatic heterocycles. The number of likely N-dealkylation sites (N-methyl/N-ethyl adjacent to an activating group) is 2. The van der Waals surface area contributed by atoms with Crippen molar-refractivity contribution in [1.82, 2.24) is 24.5 Å². The maximum Gasteiger partial charge on any atom is 0.134 e. The van der Waals surface area contributed by atoms with E-state index in [4.69, 9.17) is 5.26 Å². The SMILES string of the molecule is CC.CCN(CC)CCN1CCN(CC)CCN(CCN(CC#N)CC=O)CC1. The highest BCUT2D eigenvalue weighted by molar-refractivity contribution is 5.52. The van der Waals surface area contributed by atoms with E-state index in [0.29, 0.717) is 13.1 Å². The molecule has 1 saturated heterocycles. The fourth-order valence-corrected chi connectivity index (χ4v) is 3.49. The second kappa shape index (κ2) is 19.0. The number of hydrogen-bond donors (Lipinski definition) is 0. The number of rotatable bonds is 12. The molecule has 0 aliphatic carbocycles. The van der Waals surface area contributed by atoms with E-state index < -0.39 is 0 Å². The Morgan fingerprint density at radius 3 is 1.66 bits per heavy atom. The average molecular weight is 411 g/mol. The zero-order chi connectivity index (χ0) is 21.9. The predicted molar refractivity (Wildman–Crippen MR) is 122 cm³/mol. The van der Waals surface area contributed by atoms with Gasteiger partial charge in [0.1, 0.15) is 6.29 Å². The van der Waals surface area contributed by atoms with Crippen LogP contribution in [-0.2, 0) is 4.79 Å². The van der Waals surface area contributed by atoms with E-state index in [0.717, 1.165) is 91.4 Å². The van der Waals surface area contributed by atoms with Crippen LogP contribution >= 0.6 is 0 Å². The van der Waals surface area contributed by atoms with Crippen molar-refractivity contribution in [1.29, 1.82) is 5.26 Å². The fourth-order valence-electron chi connectivity index (χ4n) is 3.49. The van der Waals surface area contributed by atoms with Gasteiger partial charge >= 0.3 is 0 Å². The van der Waals surface area contributed by atoms with Crippen LogP contribution in [0.4, 0.5) is 0 Å². The molecular formula is C22H46N6O. The number of aldehydes is 1.